The third-order valence-electron chi connectivity index (χ3n) is 8.34. The van der Waals surface area contributed by atoms with E-state index in [-0.39, 0.29) is 36.1 Å². The number of amides is 1. The van der Waals surface area contributed by atoms with Crippen LogP contribution in [0.4, 0.5) is 22.0 Å². The Morgan fingerprint density at radius 2 is 1.46 bits per heavy atom. The van der Waals surface area contributed by atoms with E-state index in [0.717, 1.165) is 42.6 Å². The summed E-state index contributed by atoms with van der Waals surface area (Å²) in [4.78, 5) is 24.4. The molecule has 1 saturated carbocycles. The molecule has 2 aromatic carbocycles. The number of rotatable bonds is 10. The number of carbonyl (C=O) groups excluding carboxylic acids is 1. The van der Waals surface area contributed by atoms with Crippen LogP contribution in [0, 0.1) is 0 Å². The Balaban J connectivity index is 0.000000727. The van der Waals surface area contributed by atoms with E-state index >= 15 is 8.78 Å². The van der Waals surface area contributed by atoms with Gasteiger partial charge in [0, 0.05) is 34.6 Å². The number of aliphatic carboxylic acids is 1. The van der Waals surface area contributed by atoms with Crippen molar-refractivity contribution >= 4 is 44.8 Å². The molecule has 0 radical (unpaired) electrons. The molecule has 2 aliphatic rings. The topological polar surface area (TPSA) is 139 Å². The normalized spacial score (nSPS) is 17.1. The Kier molecular flexibility index (Phi) is 13.4. The van der Waals surface area contributed by atoms with Gasteiger partial charge in [0.2, 0.25) is 5.91 Å². The third-order valence-corrected chi connectivity index (χ3v) is 11.6. The highest BCUT2D eigenvalue weighted by Gasteiger charge is 2.50. The van der Waals surface area contributed by atoms with Gasteiger partial charge in [-0.25, -0.2) is 13.2 Å². The van der Waals surface area contributed by atoms with Crippen LogP contribution >= 0.6 is 22.9 Å². The second kappa shape index (κ2) is 16.9. The summed E-state index contributed by atoms with van der Waals surface area (Å²) in [5.41, 5.74) is 6.93. The molecule has 4 N–H and O–H groups in total. The lowest BCUT2D eigenvalue weighted by Gasteiger charge is -2.35. The van der Waals surface area contributed by atoms with Gasteiger partial charge in [0.15, 0.2) is 6.04 Å². The second-order valence-electron chi connectivity index (χ2n) is 12.0. The Morgan fingerprint density at radius 1 is 0.920 bits per heavy atom. The van der Waals surface area contributed by atoms with Gasteiger partial charge >= 0.3 is 12.1 Å². The highest BCUT2D eigenvalue weighted by molar-refractivity contribution is 7.91. The zero-order valence-electron chi connectivity index (χ0n) is 26.7. The molecular formula is C33H37ClF5N3O6S2. The van der Waals surface area contributed by atoms with E-state index in [9.17, 15) is 26.4 Å². The molecule has 1 saturated heterocycles. The molecule has 3 aromatic rings. The van der Waals surface area contributed by atoms with Gasteiger partial charge in [0.25, 0.3) is 15.9 Å². The van der Waals surface area contributed by atoms with Crippen molar-refractivity contribution in [1.82, 2.24) is 9.62 Å². The number of carboxylic acid groups (broad SMARTS) is 1. The maximum Gasteiger partial charge on any atom is 0.490 e. The molecule has 2 fully saturated rings. The number of carbonyl (C=O) groups is 2. The number of thiophene rings is 1. The van der Waals surface area contributed by atoms with Crippen molar-refractivity contribution in [1.29, 1.82) is 0 Å². The number of carboxylic acids is 1. The molecule has 9 nitrogen and oxygen atoms in total. The fourth-order valence-electron chi connectivity index (χ4n) is 5.50. The van der Waals surface area contributed by atoms with Crippen LogP contribution < -0.4 is 10.5 Å². The van der Waals surface area contributed by atoms with Crippen LogP contribution in [-0.2, 0) is 36.9 Å². The lowest BCUT2D eigenvalue weighted by molar-refractivity contribution is -0.192. The minimum Gasteiger partial charge on any atom is -0.475 e. The fraction of sp³-hybridized carbons (Fsp3) is 0.455. The predicted molar refractivity (Wildman–Crippen MR) is 178 cm³/mol. The first-order chi connectivity index (χ1) is 23.5. The molecule has 50 heavy (non-hydrogen) atoms. The van der Waals surface area contributed by atoms with Crippen molar-refractivity contribution in [2.75, 3.05) is 13.1 Å². The van der Waals surface area contributed by atoms with E-state index in [2.05, 4.69) is 4.72 Å². The SMILES string of the molecule is NC1CCN(C(=O)[C@H](NS(=O)(=O)c2ccc(COC3CCCCC3)s2)C(F)(F)c2ccc(-c3ccc(Cl)cc3)cc2)CC1.O=C(O)C(F)(F)F. The van der Waals surface area contributed by atoms with Gasteiger partial charge in [-0.3, -0.25) is 4.79 Å². The Hall–Kier alpha value is -3.15. The van der Waals surface area contributed by atoms with Crippen molar-refractivity contribution in [3.63, 3.8) is 0 Å². The van der Waals surface area contributed by atoms with Crippen LogP contribution in [0.25, 0.3) is 11.1 Å². The first-order valence-corrected chi connectivity index (χ1v) is 18.5. The molecule has 2 heterocycles. The van der Waals surface area contributed by atoms with E-state index in [1.165, 1.54) is 41.7 Å². The lowest BCUT2D eigenvalue weighted by Crippen LogP contribution is -2.57. The van der Waals surface area contributed by atoms with Crippen molar-refractivity contribution in [2.24, 2.45) is 5.73 Å². The summed E-state index contributed by atoms with van der Waals surface area (Å²) in [7, 11) is -4.47. The van der Waals surface area contributed by atoms with Crippen LogP contribution in [0.15, 0.2) is 64.9 Å². The number of ether oxygens (including phenoxy) is 1. The molecule has 17 heteroatoms. The van der Waals surface area contributed by atoms with Gasteiger partial charge in [0.1, 0.15) is 4.21 Å². The standard InChI is InChI=1S/C31H36ClF2N3O4S2.C2HF3O2/c32-24-12-8-22(9-13-24)21-6-10-23(11-7-21)31(33,34)29(30(38)37-18-16-25(35)17-19-37)36-43(39,40)28-15-14-27(42-28)20-41-26-4-2-1-3-5-26;3-2(4,5)1(6)7/h6-15,25-26,29,36H,1-5,16-20,35H2;(H,6,7)/t29-;/m0./s1. The number of nitrogens with one attached hydrogen (secondary N) is 1. The lowest BCUT2D eigenvalue weighted by atomic mass is 9.96. The molecule has 1 atom stereocenters. The summed E-state index contributed by atoms with van der Waals surface area (Å²) in [6.45, 7) is 0.592. The third kappa shape index (κ3) is 10.7. The highest BCUT2D eigenvalue weighted by atomic mass is 35.5. The highest BCUT2D eigenvalue weighted by Crippen LogP contribution is 2.36. The molecule has 5 rings (SSSR count). The van der Waals surface area contributed by atoms with E-state index in [0.29, 0.717) is 28.3 Å². The van der Waals surface area contributed by atoms with Crippen molar-refractivity contribution in [3.8, 4) is 11.1 Å². The molecule has 1 aromatic heterocycles. The summed E-state index contributed by atoms with van der Waals surface area (Å²) in [6.07, 6.45) is 1.29. The molecule has 1 amide bonds. The zero-order valence-corrected chi connectivity index (χ0v) is 29.1. The maximum atomic E-state index is 16.2. The molecule has 1 aliphatic heterocycles. The van der Waals surface area contributed by atoms with Gasteiger partial charge in [0.05, 0.1) is 12.7 Å². The number of likely N-dealkylation sites (tertiary alicyclic amines) is 1. The van der Waals surface area contributed by atoms with Crippen LogP contribution in [-0.4, -0.2) is 67.8 Å². The molecule has 274 valence electrons. The van der Waals surface area contributed by atoms with Crippen molar-refractivity contribution in [2.45, 2.75) is 86.0 Å². The quantitative estimate of drug-likeness (QED) is 0.190. The number of piperidine rings is 1. The minimum atomic E-state index is -5.08. The Bertz CT molecular complexity index is 1690. The number of hydrogen-bond donors (Lipinski definition) is 3. The van der Waals surface area contributed by atoms with Crippen LogP contribution in [0.1, 0.15) is 55.4 Å². The van der Waals surface area contributed by atoms with Crippen LogP contribution in [0.3, 0.4) is 0 Å². The maximum absolute atomic E-state index is 16.2. The predicted octanol–water partition coefficient (Wildman–Crippen LogP) is 6.94. The van der Waals surface area contributed by atoms with Gasteiger partial charge in [-0.15, -0.1) is 11.3 Å². The number of halogens is 6. The molecular weight excluding hydrogens is 729 g/mol. The number of benzene rings is 2. The largest absolute Gasteiger partial charge is 0.490 e. The number of nitrogens with zero attached hydrogens (tertiary/aromatic N) is 1. The van der Waals surface area contributed by atoms with E-state index in [1.54, 1.807) is 30.3 Å². The molecule has 0 spiro atoms. The van der Waals surface area contributed by atoms with E-state index in [4.69, 9.17) is 32.0 Å². The van der Waals surface area contributed by atoms with E-state index in [1.807, 2.05) is 0 Å². The number of alkyl halides is 5. The number of sulfonamides is 1. The molecule has 1 aliphatic carbocycles. The summed E-state index contributed by atoms with van der Waals surface area (Å²) in [6, 6.07) is 12.9. The second-order valence-corrected chi connectivity index (χ2v) is 15.6. The average molecular weight is 766 g/mol. The van der Waals surface area contributed by atoms with Crippen molar-refractivity contribution < 1.29 is 49.8 Å². The zero-order chi connectivity index (χ0) is 36.7. The Morgan fingerprint density at radius 3 is 2.00 bits per heavy atom. The fourth-order valence-corrected chi connectivity index (χ4v) is 8.11. The summed E-state index contributed by atoms with van der Waals surface area (Å²) < 4.78 is 99.0. The number of hydrogen-bond acceptors (Lipinski definition) is 7. The summed E-state index contributed by atoms with van der Waals surface area (Å²) >= 11 is 6.92. The van der Waals surface area contributed by atoms with Crippen LogP contribution in [0.5, 0.6) is 0 Å². The smallest absolute Gasteiger partial charge is 0.475 e. The van der Waals surface area contributed by atoms with Gasteiger partial charge < -0.3 is 20.5 Å². The first-order valence-electron chi connectivity index (χ1n) is 15.8. The minimum absolute atomic E-state index is 0.137. The Labute approximate surface area is 295 Å². The van der Waals surface area contributed by atoms with Gasteiger partial charge in [-0.05, 0) is 61.1 Å². The average Bonchev–Trinajstić information content (AvgIpc) is 3.57. The molecule has 0 unspecified atom stereocenters. The molecule has 0 bridgehead atoms. The van der Waals surface area contributed by atoms with Crippen LogP contribution in [0.2, 0.25) is 5.02 Å². The first kappa shape index (κ1) is 39.6. The van der Waals surface area contributed by atoms with E-state index < -0.39 is 45.6 Å². The summed E-state index contributed by atoms with van der Waals surface area (Å²) in [5, 5.41) is 7.67. The van der Waals surface area contributed by atoms with Gasteiger partial charge in [-0.1, -0.05) is 67.3 Å². The van der Waals surface area contributed by atoms with Gasteiger partial charge in [-0.2, -0.15) is 26.7 Å². The van der Waals surface area contributed by atoms with Crippen molar-refractivity contribution in [3.05, 3.63) is 76.1 Å². The number of nitrogens with two attached hydrogens (primary N) is 1. The summed E-state index contributed by atoms with van der Waals surface area (Å²) in [5.74, 6) is -7.60. The monoisotopic (exact) mass is 765 g/mol.